The van der Waals surface area contributed by atoms with Crippen molar-refractivity contribution in [3.63, 3.8) is 0 Å². The first-order chi connectivity index (χ1) is 14.5. The van der Waals surface area contributed by atoms with Gasteiger partial charge in [-0.1, -0.05) is 25.1 Å². The number of anilines is 2. The molecule has 0 saturated carbocycles. The zero-order valence-electron chi connectivity index (χ0n) is 17.4. The molecule has 0 bridgehead atoms. The van der Waals surface area contributed by atoms with Gasteiger partial charge in [-0.05, 0) is 80.4 Å². The van der Waals surface area contributed by atoms with Crippen molar-refractivity contribution >= 4 is 23.2 Å². The van der Waals surface area contributed by atoms with Gasteiger partial charge in [-0.3, -0.25) is 9.59 Å². The number of hydrogen-bond donors (Lipinski definition) is 2. The van der Waals surface area contributed by atoms with Crippen molar-refractivity contribution in [3.8, 4) is 5.75 Å². The third-order valence-electron chi connectivity index (χ3n) is 4.82. The van der Waals surface area contributed by atoms with Gasteiger partial charge < -0.3 is 15.4 Å². The van der Waals surface area contributed by atoms with E-state index in [-0.39, 0.29) is 17.9 Å². The van der Waals surface area contributed by atoms with Crippen LogP contribution in [0.4, 0.5) is 11.4 Å². The number of nitrogens with one attached hydrogen (secondary N) is 2. The highest BCUT2D eigenvalue weighted by molar-refractivity contribution is 6.06. The molecule has 0 fully saturated rings. The minimum Gasteiger partial charge on any atom is -0.491 e. The Balaban J connectivity index is 1.59. The maximum atomic E-state index is 12.5. The monoisotopic (exact) mass is 402 g/mol. The third kappa shape index (κ3) is 5.47. The van der Waals surface area contributed by atoms with Crippen LogP contribution in [0.3, 0.4) is 0 Å². The molecule has 1 unspecified atom stereocenters. The Morgan fingerprint density at radius 2 is 1.40 bits per heavy atom. The van der Waals surface area contributed by atoms with Crippen molar-refractivity contribution < 1.29 is 14.3 Å². The number of carbonyl (C=O) groups excluding carboxylic acids is 2. The molecule has 5 heteroatoms. The first kappa shape index (κ1) is 21.1. The van der Waals surface area contributed by atoms with E-state index in [0.717, 1.165) is 17.7 Å². The molecule has 2 amide bonds. The van der Waals surface area contributed by atoms with Crippen molar-refractivity contribution in [2.45, 2.75) is 33.3 Å². The van der Waals surface area contributed by atoms with Gasteiger partial charge in [0.15, 0.2) is 0 Å². The first-order valence-corrected chi connectivity index (χ1v) is 10.0. The van der Waals surface area contributed by atoms with Crippen LogP contribution < -0.4 is 15.4 Å². The lowest BCUT2D eigenvalue weighted by molar-refractivity contribution is 0.101. The number of benzene rings is 3. The molecule has 0 aliphatic rings. The quantitative estimate of drug-likeness (QED) is 0.534. The van der Waals surface area contributed by atoms with E-state index >= 15 is 0 Å². The number of amides is 2. The van der Waals surface area contributed by atoms with Crippen LogP contribution in [0.2, 0.25) is 0 Å². The van der Waals surface area contributed by atoms with E-state index in [0.29, 0.717) is 22.5 Å². The Morgan fingerprint density at radius 1 is 0.833 bits per heavy atom. The zero-order chi connectivity index (χ0) is 21.5. The van der Waals surface area contributed by atoms with Crippen LogP contribution in [0.15, 0.2) is 72.8 Å². The van der Waals surface area contributed by atoms with Gasteiger partial charge in [0.2, 0.25) is 0 Å². The molecule has 3 aromatic rings. The highest BCUT2D eigenvalue weighted by atomic mass is 16.5. The Bertz CT molecular complexity index is 1010. The summed E-state index contributed by atoms with van der Waals surface area (Å²) >= 11 is 0. The lowest BCUT2D eigenvalue weighted by Crippen LogP contribution is -2.14. The fraction of sp³-hybridized carbons (Fsp3) is 0.200. The van der Waals surface area contributed by atoms with Gasteiger partial charge in [0.1, 0.15) is 5.75 Å². The van der Waals surface area contributed by atoms with Crippen LogP contribution in [-0.4, -0.2) is 17.9 Å². The predicted octanol–water partition coefficient (Wildman–Crippen LogP) is 5.68. The summed E-state index contributed by atoms with van der Waals surface area (Å²) in [5.74, 6) is 0.376. The Kier molecular flexibility index (Phi) is 6.86. The normalized spacial score (nSPS) is 11.4. The van der Waals surface area contributed by atoms with Crippen LogP contribution in [0.1, 0.15) is 46.5 Å². The van der Waals surface area contributed by atoms with E-state index in [9.17, 15) is 9.59 Å². The predicted molar refractivity (Wildman–Crippen MR) is 120 cm³/mol. The molecule has 0 heterocycles. The number of rotatable bonds is 7. The van der Waals surface area contributed by atoms with Crippen molar-refractivity contribution in [1.29, 1.82) is 0 Å². The molecule has 0 aliphatic carbocycles. The van der Waals surface area contributed by atoms with E-state index in [2.05, 4.69) is 17.6 Å². The van der Waals surface area contributed by atoms with Crippen LogP contribution in [-0.2, 0) is 0 Å². The van der Waals surface area contributed by atoms with E-state index in [4.69, 9.17) is 4.74 Å². The summed E-state index contributed by atoms with van der Waals surface area (Å²) < 4.78 is 5.73. The number of carbonyl (C=O) groups is 2. The molecule has 3 rings (SSSR count). The van der Waals surface area contributed by atoms with Gasteiger partial charge in [0.25, 0.3) is 11.8 Å². The summed E-state index contributed by atoms with van der Waals surface area (Å²) in [5, 5.41) is 5.73. The molecule has 5 nitrogen and oxygen atoms in total. The number of hydrogen-bond acceptors (Lipinski definition) is 3. The maximum absolute atomic E-state index is 12.5. The summed E-state index contributed by atoms with van der Waals surface area (Å²) in [6, 6.07) is 21.5. The number of ether oxygens (including phenoxy) is 1. The molecule has 1 atom stereocenters. The lowest BCUT2D eigenvalue weighted by Gasteiger charge is -2.13. The smallest absolute Gasteiger partial charge is 0.255 e. The van der Waals surface area contributed by atoms with Gasteiger partial charge in [-0.2, -0.15) is 0 Å². The fourth-order valence-electron chi connectivity index (χ4n) is 2.87. The second kappa shape index (κ2) is 9.74. The molecule has 0 aliphatic heterocycles. The van der Waals surface area contributed by atoms with Crippen molar-refractivity contribution in [2.75, 3.05) is 10.6 Å². The summed E-state index contributed by atoms with van der Waals surface area (Å²) in [5.41, 5.74) is 3.40. The van der Waals surface area contributed by atoms with Crippen LogP contribution in [0.5, 0.6) is 5.75 Å². The van der Waals surface area contributed by atoms with E-state index in [1.807, 2.05) is 32.0 Å². The van der Waals surface area contributed by atoms with Gasteiger partial charge in [0.05, 0.1) is 6.10 Å². The molecular weight excluding hydrogens is 376 g/mol. The van der Waals surface area contributed by atoms with Crippen molar-refractivity contribution in [2.24, 2.45) is 0 Å². The Hall–Kier alpha value is -3.60. The summed E-state index contributed by atoms with van der Waals surface area (Å²) in [4.78, 5) is 24.9. The highest BCUT2D eigenvalue weighted by Gasteiger charge is 2.10. The second-order valence-corrected chi connectivity index (χ2v) is 7.16. The van der Waals surface area contributed by atoms with Gasteiger partial charge in [0, 0.05) is 22.5 Å². The number of aryl methyl sites for hydroxylation is 1. The summed E-state index contributed by atoms with van der Waals surface area (Å²) in [6.07, 6.45) is 1.05. The van der Waals surface area contributed by atoms with E-state index in [1.165, 1.54) is 0 Å². The molecule has 0 saturated heterocycles. The van der Waals surface area contributed by atoms with Gasteiger partial charge in [-0.25, -0.2) is 0 Å². The van der Waals surface area contributed by atoms with Gasteiger partial charge >= 0.3 is 0 Å². The van der Waals surface area contributed by atoms with E-state index < -0.39 is 0 Å². The van der Waals surface area contributed by atoms with Crippen LogP contribution in [0, 0.1) is 6.92 Å². The molecule has 3 aromatic carbocycles. The fourth-order valence-corrected chi connectivity index (χ4v) is 2.87. The molecule has 154 valence electrons. The average molecular weight is 402 g/mol. The second-order valence-electron chi connectivity index (χ2n) is 7.16. The highest BCUT2D eigenvalue weighted by Crippen LogP contribution is 2.18. The molecule has 30 heavy (non-hydrogen) atoms. The standard InChI is InChI=1S/C25H26N2O3/c1-4-18(3)30-22-15-9-19(10-16-22)24(28)26-20-11-13-21(14-12-20)27-25(29)23-8-6-5-7-17(23)2/h5-16,18H,4H2,1-3H3,(H,26,28)(H,27,29). The maximum Gasteiger partial charge on any atom is 0.255 e. The molecule has 0 aromatic heterocycles. The van der Waals surface area contributed by atoms with Crippen molar-refractivity contribution in [1.82, 2.24) is 0 Å². The molecule has 0 spiro atoms. The summed E-state index contributed by atoms with van der Waals surface area (Å²) in [7, 11) is 0. The van der Waals surface area contributed by atoms with E-state index in [1.54, 1.807) is 54.6 Å². The van der Waals surface area contributed by atoms with Gasteiger partial charge in [-0.15, -0.1) is 0 Å². The van der Waals surface area contributed by atoms with Crippen molar-refractivity contribution in [3.05, 3.63) is 89.5 Å². The minimum absolute atomic E-state index is 0.134. The van der Waals surface area contributed by atoms with Crippen LogP contribution >= 0.6 is 0 Å². The Labute approximate surface area is 177 Å². The Morgan fingerprint density at radius 3 is 1.97 bits per heavy atom. The molecular formula is C25H26N2O3. The summed E-state index contributed by atoms with van der Waals surface area (Å²) in [6.45, 7) is 5.97. The minimum atomic E-state index is -0.207. The van der Waals surface area contributed by atoms with Crippen LogP contribution in [0.25, 0.3) is 0 Å². The SMILES string of the molecule is CCC(C)Oc1ccc(C(=O)Nc2ccc(NC(=O)c3ccccc3C)cc2)cc1. The molecule has 0 radical (unpaired) electrons. The average Bonchev–Trinajstić information content (AvgIpc) is 2.75. The topological polar surface area (TPSA) is 67.4 Å². The first-order valence-electron chi connectivity index (χ1n) is 10.0. The molecule has 2 N–H and O–H groups in total. The largest absolute Gasteiger partial charge is 0.491 e. The third-order valence-corrected chi connectivity index (χ3v) is 4.82. The lowest BCUT2D eigenvalue weighted by atomic mass is 10.1. The zero-order valence-corrected chi connectivity index (χ0v) is 17.4.